The number of hydrogen-bond acceptors (Lipinski definition) is 5. The van der Waals surface area contributed by atoms with Gasteiger partial charge < -0.3 is 9.47 Å². The summed E-state index contributed by atoms with van der Waals surface area (Å²) in [6.45, 7) is 2.02. The molecule has 5 heteroatoms. The normalized spacial score (nSPS) is 29.1. The summed E-state index contributed by atoms with van der Waals surface area (Å²) >= 11 is 0. The van der Waals surface area contributed by atoms with Crippen molar-refractivity contribution in [3.63, 3.8) is 0 Å². The van der Waals surface area contributed by atoms with Crippen LogP contribution in [0.1, 0.15) is 0 Å². The molecule has 1 N–H and O–H groups in total. The molecule has 0 aromatic carbocycles. The lowest BCUT2D eigenvalue weighted by Crippen LogP contribution is -2.50. The third-order valence-corrected chi connectivity index (χ3v) is 2.43. The maximum atomic E-state index is 5.54. The third kappa shape index (κ3) is 1.09. The molecule has 0 radical (unpaired) electrons. The third-order valence-electron chi connectivity index (χ3n) is 2.43. The van der Waals surface area contributed by atoms with Crippen molar-refractivity contribution in [2.24, 2.45) is 4.99 Å². The second-order valence-corrected chi connectivity index (χ2v) is 3.33. The van der Waals surface area contributed by atoms with Gasteiger partial charge in [-0.3, -0.25) is 15.2 Å². The Bertz CT molecular complexity index is 335. The summed E-state index contributed by atoms with van der Waals surface area (Å²) in [5, 5.41) is 3.16. The first-order valence-corrected chi connectivity index (χ1v) is 4.62. The molecule has 14 heavy (non-hydrogen) atoms. The largest absolute Gasteiger partial charge is 0.493 e. The molecule has 3 heterocycles. The molecule has 0 saturated heterocycles. The van der Waals surface area contributed by atoms with Crippen molar-refractivity contribution in [1.29, 1.82) is 0 Å². The zero-order valence-electron chi connectivity index (χ0n) is 7.64. The predicted octanol–water partition coefficient (Wildman–Crippen LogP) is -0.0108. The number of nitrogens with one attached hydrogen (secondary N) is 1. The minimum Gasteiger partial charge on any atom is -0.493 e. The number of rotatable bonds is 0. The number of aliphatic imine (C=N–C) groups is 1. The fourth-order valence-corrected chi connectivity index (χ4v) is 1.74. The van der Waals surface area contributed by atoms with E-state index in [0.717, 1.165) is 18.1 Å². The van der Waals surface area contributed by atoms with Crippen molar-refractivity contribution in [3.8, 4) is 0 Å². The van der Waals surface area contributed by atoms with Gasteiger partial charge in [-0.25, -0.2) is 0 Å². The maximum absolute atomic E-state index is 5.54. The Hall–Kier alpha value is -1.49. The van der Waals surface area contributed by atoms with Crippen LogP contribution in [0, 0.1) is 0 Å². The van der Waals surface area contributed by atoms with Gasteiger partial charge in [-0.2, -0.15) is 0 Å². The molecule has 3 rings (SSSR count). The first-order valence-electron chi connectivity index (χ1n) is 4.62. The van der Waals surface area contributed by atoms with Gasteiger partial charge in [0.15, 0.2) is 11.9 Å². The van der Waals surface area contributed by atoms with Crippen molar-refractivity contribution in [3.05, 3.63) is 24.4 Å². The van der Waals surface area contributed by atoms with Crippen LogP contribution < -0.4 is 5.32 Å². The van der Waals surface area contributed by atoms with Crippen LogP contribution in [-0.2, 0) is 9.47 Å². The first kappa shape index (κ1) is 7.87. The van der Waals surface area contributed by atoms with Gasteiger partial charge in [-0.1, -0.05) is 0 Å². The van der Waals surface area contributed by atoms with Crippen LogP contribution in [0.2, 0.25) is 0 Å². The summed E-state index contributed by atoms with van der Waals surface area (Å²) in [5.41, 5.74) is 1.00. The zero-order valence-corrected chi connectivity index (χ0v) is 7.64. The molecule has 3 aliphatic rings. The average Bonchev–Trinajstić information content (AvgIpc) is 2.29. The molecule has 0 aromatic heterocycles. The van der Waals surface area contributed by atoms with Crippen molar-refractivity contribution < 1.29 is 9.47 Å². The average molecular weight is 193 g/mol. The molecule has 1 unspecified atom stereocenters. The summed E-state index contributed by atoms with van der Waals surface area (Å²) in [5.74, 6) is 0.973. The van der Waals surface area contributed by atoms with Crippen molar-refractivity contribution >= 4 is 5.84 Å². The standard InChI is InChI=1S/C9H11N3O2/c1-2-13-4-7-5-14-8-3-10-6-11-9(8)12(1)7/h1-2,5,8,10H,3-4,6H2. The van der Waals surface area contributed by atoms with Crippen molar-refractivity contribution in [2.45, 2.75) is 6.10 Å². The molecule has 1 atom stereocenters. The quantitative estimate of drug-likeness (QED) is 0.587. The second-order valence-electron chi connectivity index (χ2n) is 3.33. The summed E-state index contributed by atoms with van der Waals surface area (Å²) in [4.78, 5) is 6.43. The van der Waals surface area contributed by atoms with Gasteiger partial charge in [-0.05, 0) is 0 Å². The van der Waals surface area contributed by atoms with Gasteiger partial charge in [0.2, 0.25) is 0 Å². The number of ether oxygens (including phenoxy) is 2. The van der Waals surface area contributed by atoms with Crippen molar-refractivity contribution in [1.82, 2.24) is 10.2 Å². The molecule has 0 bridgehead atoms. The number of amidine groups is 1. The molecular formula is C9H11N3O2. The second kappa shape index (κ2) is 3.02. The topological polar surface area (TPSA) is 46.1 Å². The van der Waals surface area contributed by atoms with E-state index in [2.05, 4.69) is 10.3 Å². The minimum absolute atomic E-state index is 0.0373. The fraction of sp³-hybridized carbons (Fsp3) is 0.444. The van der Waals surface area contributed by atoms with E-state index in [0.29, 0.717) is 13.3 Å². The molecule has 0 fully saturated rings. The highest BCUT2D eigenvalue weighted by atomic mass is 16.5. The van der Waals surface area contributed by atoms with E-state index in [-0.39, 0.29) is 6.10 Å². The zero-order chi connectivity index (χ0) is 9.38. The summed E-state index contributed by atoms with van der Waals surface area (Å²) in [6, 6.07) is 0. The Balaban J connectivity index is 1.98. The van der Waals surface area contributed by atoms with E-state index in [9.17, 15) is 0 Å². The summed E-state index contributed by atoms with van der Waals surface area (Å²) in [6.07, 6.45) is 5.36. The SMILES string of the molecule is C1=CN2C(=COC3CNCN=C32)CO1. The van der Waals surface area contributed by atoms with E-state index in [1.54, 1.807) is 12.5 Å². The smallest absolute Gasteiger partial charge is 0.168 e. The highest BCUT2D eigenvalue weighted by Gasteiger charge is 2.31. The van der Waals surface area contributed by atoms with Gasteiger partial charge >= 0.3 is 0 Å². The van der Waals surface area contributed by atoms with Crippen LogP contribution in [0.5, 0.6) is 0 Å². The van der Waals surface area contributed by atoms with E-state index < -0.39 is 0 Å². The first-order chi connectivity index (χ1) is 6.95. The predicted molar refractivity (Wildman–Crippen MR) is 50.2 cm³/mol. The Morgan fingerprint density at radius 3 is 3.57 bits per heavy atom. The van der Waals surface area contributed by atoms with E-state index in [1.165, 1.54) is 0 Å². The van der Waals surface area contributed by atoms with Gasteiger partial charge in [0.05, 0.1) is 12.4 Å². The Morgan fingerprint density at radius 1 is 1.57 bits per heavy atom. The highest BCUT2D eigenvalue weighted by molar-refractivity contribution is 5.90. The fourth-order valence-electron chi connectivity index (χ4n) is 1.74. The van der Waals surface area contributed by atoms with E-state index >= 15 is 0 Å². The molecule has 0 amide bonds. The Kier molecular flexibility index (Phi) is 1.70. The lowest BCUT2D eigenvalue weighted by molar-refractivity contribution is 0.142. The minimum atomic E-state index is 0.0373. The van der Waals surface area contributed by atoms with E-state index in [1.807, 2.05) is 11.1 Å². The molecule has 0 saturated carbocycles. The van der Waals surface area contributed by atoms with Crippen LogP contribution in [0.3, 0.4) is 0 Å². The van der Waals surface area contributed by atoms with Crippen LogP contribution in [0.25, 0.3) is 0 Å². The summed E-state index contributed by atoms with van der Waals surface area (Å²) in [7, 11) is 0. The van der Waals surface area contributed by atoms with Gasteiger partial charge in [0.25, 0.3) is 0 Å². The monoisotopic (exact) mass is 193 g/mol. The molecule has 74 valence electrons. The lowest BCUT2D eigenvalue weighted by atomic mass is 10.2. The number of fused-ring (bicyclic) bond motifs is 3. The Morgan fingerprint density at radius 2 is 2.57 bits per heavy atom. The highest BCUT2D eigenvalue weighted by Crippen LogP contribution is 2.21. The molecule has 0 aromatic rings. The molecular weight excluding hydrogens is 182 g/mol. The van der Waals surface area contributed by atoms with Crippen LogP contribution >= 0.6 is 0 Å². The lowest BCUT2D eigenvalue weighted by Gasteiger charge is -2.37. The molecule has 5 nitrogen and oxygen atoms in total. The Labute approximate surface area is 81.7 Å². The van der Waals surface area contributed by atoms with Crippen LogP contribution in [0.15, 0.2) is 29.4 Å². The van der Waals surface area contributed by atoms with Gasteiger partial charge in [0, 0.05) is 12.7 Å². The number of nitrogens with zero attached hydrogens (tertiary/aromatic N) is 2. The summed E-state index contributed by atoms with van der Waals surface area (Å²) < 4.78 is 10.7. The molecule has 0 spiro atoms. The maximum Gasteiger partial charge on any atom is 0.168 e. The number of hydrogen-bond donors (Lipinski definition) is 1. The van der Waals surface area contributed by atoms with Crippen LogP contribution in [0.4, 0.5) is 0 Å². The van der Waals surface area contributed by atoms with Gasteiger partial charge in [-0.15, -0.1) is 0 Å². The van der Waals surface area contributed by atoms with Gasteiger partial charge in [0.1, 0.15) is 19.1 Å². The van der Waals surface area contributed by atoms with Crippen LogP contribution in [-0.4, -0.2) is 36.7 Å². The molecule has 3 aliphatic heterocycles. The van der Waals surface area contributed by atoms with E-state index in [4.69, 9.17) is 9.47 Å². The molecule has 0 aliphatic carbocycles. The van der Waals surface area contributed by atoms with Crippen molar-refractivity contribution in [2.75, 3.05) is 19.8 Å².